The minimum atomic E-state index is -0.374. The highest BCUT2D eigenvalue weighted by Crippen LogP contribution is 2.18. The molecule has 1 heterocycles. The van der Waals surface area contributed by atoms with Gasteiger partial charge < -0.3 is 15.0 Å². The van der Waals surface area contributed by atoms with Gasteiger partial charge in [-0.25, -0.2) is 14.4 Å². The summed E-state index contributed by atoms with van der Waals surface area (Å²) in [5, 5.41) is 6.35. The average molecular weight is 350 g/mol. The summed E-state index contributed by atoms with van der Waals surface area (Å²) in [4.78, 5) is 11.1. The predicted molar refractivity (Wildman–Crippen MR) is 96.1 cm³/mol. The highest BCUT2D eigenvalue weighted by molar-refractivity contribution is 7.09. The quantitative estimate of drug-likeness (QED) is 0.642. The molecule has 0 aliphatic carbocycles. The Balaban J connectivity index is 2.07. The fraction of sp³-hybridized carbons (Fsp3) is 0.412. The van der Waals surface area contributed by atoms with Crippen LogP contribution in [0, 0.1) is 12.7 Å². The van der Waals surface area contributed by atoms with Gasteiger partial charge in [-0.05, 0) is 31.5 Å². The maximum Gasteiger partial charge on any atom is 0.194 e. The Morgan fingerprint density at radius 2 is 2.25 bits per heavy atom. The zero-order valence-corrected chi connectivity index (χ0v) is 15.3. The summed E-state index contributed by atoms with van der Waals surface area (Å²) in [5.74, 6) is 0.631. The average Bonchev–Trinajstić information content (AvgIpc) is 2.96. The number of thiazole rings is 1. The van der Waals surface area contributed by atoms with Gasteiger partial charge in [0.15, 0.2) is 17.5 Å². The fourth-order valence-corrected chi connectivity index (χ4v) is 2.85. The zero-order valence-electron chi connectivity index (χ0n) is 14.5. The highest BCUT2D eigenvalue weighted by Gasteiger charge is 2.09. The van der Waals surface area contributed by atoms with Gasteiger partial charge in [0.1, 0.15) is 0 Å². The molecule has 1 aromatic carbocycles. The SMILES string of the molecule is CCNC(=NCc1ccc(OC)c(F)c1)N(C)Cc1csc(C)n1. The second kappa shape index (κ2) is 8.63. The van der Waals surface area contributed by atoms with Crippen LogP contribution in [0.4, 0.5) is 4.39 Å². The lowest BCUT2D eigenvalue weighted by atomic mass is 10.2. The van der Waals surface area contributed by atoms with Crippen molar-refractivity contribution in [3.63, 3.8) is 0 Å². The van der Waals surface area contributed by atoms with E-state index in [4.69, 9.17) is 4.74 Å². The Hall–Kier alpha value is -2.15. The van der Waals surface area contributed by atoms with E-state index in [2.05, 4.69) is 15.3 Å². The van der Waals surface area contributed by atoms with Gasteiger partial charge in [0.05, 0.1) is 30.9 Å². The van der Waals surface area contributed by atoms with Crippen LogP contribution in [0.15, 0.2) is 28.6 Å². The fourth-order valence-electron chi connectivity index (χ4n) is 2.24. The van der Waals surface area contributed by atoms with Gasteiger partial charge >= 0.3 is 0 Å². The lowest BCUT2D eigenvalue weighted by Gasteiger charge is -2.21. The second-order valence-electron chi connectivity index (χ2n) is 5.35. The Labute approximate surface area is 146 Å². The third-order valence-electron chi connectivity index (χ3n) is 3.39. The number of hydrogen-bond donors (Lipinski definition) is 1. The van der Waals surface area contributed by atoms with Gasteiger partial charge in [-0.15, -0.1) is 11.3 Å². The Morgan fingerprint density at radius 1 is 1.46 bits per heavy atom. The minimum absolute atomic E-state index is 0.241. The topological polar surface area (TPSA) is 49.8 Å². The van der Waals surface area contributed by atoms with Crippen molar-refractivity contribution in [3.8, 4) is 5.75 Å². The molecule has 0 amide bonds. The van der Waals surface area contributed by atoms with Crippen molar-refractivity contribution in [1.82, 2.24) is 15.2 Å². The molecule has 0 spiro atoms. The van der Waals surface area contributed by atoms with E-state index in [1.807, 2.05) is 37.2 Å². The van der Waals surface area contributed by atoms with Crippen molar-refractivity contribution in [1.29, 1.82) is 0 Å². The lowest BCUT2D eigenvalue weighted by molar-refractivity contribution is 0.386. The van der Waals surface area contributed by atoms with Crippen molar-refractivity contribution in [2.75, 3.05) is 20.7 Å². The number of benzene rings is 1. The third kappa shape index (κ3) is 4.92. The second-order valence-corrected chi connectivity index (χ2v) is 6.42. The number of guanidine groups is 1. The lowest BCUT2D eigenvalue weighted by Crippen LogP contribution is -2.38. The molecule has 5 nitrogen and oxygen atoms in total. The van der Waals surface area contributed by atoms with Gasteiger partial charge in [0.2, 0.25) is 0 Å². The van der Waals surface area contributed by atoms with Crippen molar-refractivity contribution < 1.29 is 9.13 Å². The van der Waals surface area contributed by atoms with E-state index in [1.165, 1.54) is 13.2 Å². The zero-order chi connectivity index (χ0) is 17.5. The molecule has 0 radical (unpaired) electrons. The van der Waals surface area contributed by atoms with E-state index < -0.39 is 0 Å². The third-order valence-corrected chi connectivity index (χ3v) is 4.21. The molecule has 2 rings (SSSR count). The molecule has 1 N–H and O–H groups in total. The Kier molecular flexibility index (Phi) is 6.54. The molecule has 0 saturated heterocycles. The number of ether oxygens (including phenoxy) is 1. The maximum atomic E-state index is 13.8. The van der Waals surface area contributed by atoms with Crippen LogP contribution in [0.2, 0.25) is 0 Å². The molecule has 0 unspecified atom stereocenters. The molecule has 0 atom stereocenters. The monoisotopic (exact) mass is 350 g/mol. The molecular formula is C17H23FN4OS. The van der Waals surface area contributed by atoms with Crippen LogP contribution in [0.1, 0.15) is 23.2 Å². The van der Waals surface area contributed by atoms with Crippen LogP contribution < -0.4 is 10.1 Å². The van der Waals surface area contributed by atoms with E-state index in [1.54, 1.807) is 17.4 Å². The van der Waals surface area contributed by atoms with Gasteiger partial charge in [-0.1, -0.05) is 6.07 Å². The molecule has 1 aromatic heterocycles. The molecule has 24 heavy (non-hydrogen) atoms. The normalized spacial score (nSPS) is 11.5. The van der Waals surface area contributed by atoms with Gasteiger partial charge in [0, 0.05) is 19.0 Å². The maximum absolute atomic E-state index is 13.8. The standard InChI is InChI=1S/C17H23FN4OS/c1-5-19-17(22(3)10-14-11-24-12(2)21-14)20-9-13-6-7-16(23-4)15(18)8-13/h6-8,11H,5,9-10H2,1-4H3,(H,19,20). The van der Waals surface area contributed by atoms with E-state index in [-0.39, 0.29) is 11.6 Å². The number of aryl methyl sites for hydroxylation is 1. The van der Waals surface area contributed by atoms with Crippen molar-refractivity contribution in [2.45, 2.75) is 26.9 Å². The number of aromatic nitrogens is 1. The largest absolute Gasteiger partial charge is 0.494 e. The van der Waals surface area contributed by atoms with Gasteiger partial charge in [-0.3, -0.25) is 0 Å². The first-order valence-corrected chi connectivity index (χ1v) is 8.64. The number of halogens is 1. The molecular weight excluding hydrogens is 327 g/mol. The number of nitrogens with one attached hydrogen (secondary N) is 1. The van der Waals surface area contributed by atoms with Crippen LogP contribution in [0.25, 0.3) is 0 Å². The first-order valence-electron chi connectivity index (χ1n) is 7.76. The van der Waals surface area contributed by atoms with Crippen LogP contribution in [0.5, 0.6) is 5.75 Å². The number of rotatable bonds is 6. The van der Waals surface area contributed by atoms with Crippen molar-refractivity contribution in [3.05, 3.63) is 45.7 Å². The number of nitrogens with zero attached hydrogens (tertiary/aromatic N) is 3. The molecule has 130 valence electrons. The summed E-state index contributed by atoms with van der Waals surface area (Å²) in [7, 11) is 3.42. The Bertz CT molecular complexity index is 702. The highest BCUT2D eigenvalue weighted by atomic mass is 32.1. The Morgan fingerprint density at radius 3 is 2.83 bits per heavy atom. The van der Waals surface area contributed by atoms with E-state index in [0.717, 1.165) is 28.8 Å². The summed E-state index contributed by atoms with van der Waals surface area (Å²) in [6, 6.07) is 4.89. The first kappa shape index (κ1) is 18.2. The van der Waals surface area contributed by atoms with E-state index >= 15 is 0 Å². The van der Waals surface area contributed by atoms with Gasteiger partial charge in [0.25, 0.3) is 0 Å². The van der Waals surface area contributed by atoms with Crippen LogP contribution in [-0.4, -0.2) is 36.5 Å². The molecule has 0 aliphatic heterocycles. The van der Waals surface area contributed by atoms with Crippen LogP contribution in [0.3, 0.4) is 0 Å². The molecule has 0 aliphatic rings. The summed E-state index contributed by atoms with van der Waals surface area (Å²) in [6.45, 7) is 5.84. The van der Waals surface area contributed by atoms with E-state index in [0.29, 0.717) is 13.1 Å². The van der Waals surface area contributed by atoms with Crippen LogP contribution >= 0.6 is 11.3 Å². The minimum Gasteiger partial charge on any atom is -0.494 e. The smallest absolute Gasteiger partial charge is 0.194 e. The molecule has 0 bridgehead atoms. The number of hydrogen-bond acceptors (Lipinski definition) is 4. The number of methoxy groups -OCH3 is 1. The summed E-state index contributed by atoms with van der Waals surface area (Å²) in [5.41, 5.74) is 1.81. The van der Waals surface area contributed by atoms with Gasteiger partial charge in [-0.2, -0.15) is 0 Å². The molecule has 7 heteroatoms. The summed E-state index contributed by atoms with van der Waals surface area (Å²) < 4.78 is 18.7. The van der Waals surface area contributed by atoms with Crippen molar-refractivity contribution >= 4 is 17.3 Å². The van der Waals surface area contributed by atoms with E-state index in [9.17, 15) is 4.39 Å². The first-order chi connectivity index (χ1) is 11.5. The van der Waals surface area contributed by atoms with Crippen molar-refractivity contribution in [2.24, 2.45) is 4.99 Å². The number of aliphatic imine (C=N–C) groups is 1. The van der Waals surface area contributed by atoms with Crippen LogP contribution in [-0.2, 0) is 13.1 Å². The summed E-state index contributed by atoms with van der Waals surface area (Å²) in [6.07, 6.45) is 0. The summed E-state index contributed by atoms with van der Waals surface area (Å²) >= 11 is 1.64. The molecule has 2 aromatic rings. The molecule has 0 fully saturated rings. The molecule has 0 saturated carbocycles. The predicted octanol–water partition coefficient (Wildman–Crippen LogP) is 3.20.